The van der Waals surface area contributed by atoms with Crippen molar-refractivity contribution in [2.24, 2.45) is 0 Å². The maximum absolute atomic E-state index is 12.3. The maximum atomic E-state index is 12.3. The predicted octanol–water partition coefficient (Wildman–Crippen LogP) is 4.99. The van der Waals surface area contributed by atoms with E-state index >= 15 is 0 Å². The quantitative estimate of drug-likeness (QED) is 0.585. The Labute approximate surface area is 181 Å². The fourth-order valence-corrected chi connectivity index (χ4v) is 3.25. The number of hydrogen-bond acceptors (Lipinski definition) is 3. The lowest BCUT2D eigenvalue weighted by Crippen LogP contribution is -2.31. The molecule has 0 bridgehead atoms. The highest BCUT2D eigenvalue weighted by molar-refractivity contribution is 6.30. The first kappa shape index (κ1) is 21.6. The number of anilines is 1. The van der Waals surface area contributed by atoms with Gasteiger partial charge in [0.1, 0.15) is 5.82 Å². The molecule has 2 N–H and O–H groups in total. The molecule has 0 saturated carbocycles. The molecule has 0 saturated heterocycles. The molecule has 156 valence electrons. The van der Waals surface area contributed by atoms with Gasteiger partial charge in [-0.15, -0.1) is 0 Å². The third kappa shape index (κ3) is 4.71. The Kier molecular flexibility index (Phi) is 6.57. The molecule has 0 fully saturated rings. The molecule has 7 heteroatoms. The van der Waals surface area contributed by atoms with Crippen LogP contribution in [0.2, 0.25) is 5.02 Å². The molecule has 0 aliphatic carbocycles. The monoisotopic (exact) mass is 424 g/mol. The molecule has 3 rings (SSSR count). The summed E-state index contributed by atoms with van der Waals surface area (Å²) in [6.45, 7) is 7.34. The summed E-state index contributed by atoms with van der Waals surface area (Å²) in [4.78, 5) is 24.2. The van der Waals surface area contributed by atoms with Crippen molar-refractivity contribution in [3.63, 3.8) is 0 Å². The number of amides is 2. The van der Waals surface area contributed by atoms with Gasteiger partial charge in [-0.3, -0.25) is 9.59 Å². The van der Waals surface area contributed by atoms with E-state index in [-0.39, 0.29) is 17.9 Å². The van der Waals surface area contributed by atoms with Crippen LogP contribution in [0.5, 0.6) is 0 Å². The van der Waals surface area contributed by atoms with Gasteiger partial charge < -0.3 is 10.6 Å². The Morgan fingerprint density at radius 2 is 1.73 bits per heavy atom. The highest BCUT2D eigenvalue weighted by Gasteiger charge is 2.19. The molecule has 3 aromatic rings. The van der Waals surface area contributed by atoms with Crippen LogP contribution in [0.15, 0.2) is 48.5 Å². The van der Waals surface area contributed by atoms with Crippen LogP contribution in [0.3, 0.4) is 0 Å². The van der Waals surface area contributed by atoms with Gasteiger partial charge in [-0.2, -0.15) is 5.10 Å². The van der Waals surface area contributed by atoms with Crippen molar-refractivity contribution >= 4 is 29.2 Å². The van der Waals surface area contributed by atoms with Crippen LogP contribution < -0.4 is 10.6 Å². The van der Waals surface area contributed by atoms with Crippen LogP contribution in [-0.2, 0) is 4.79 Å². The Morgan fingerprint density at radius 1 is 1.10 bits per heavy atom. The highest BCUT2D eigenvalue weighted by Crippen LogP contribution is 2.34. The number of rotatable bonds is 6. The van der Waals surface area contributed by atoms with E-state index < -0.39 is 0 Å². The van der Waals surface area contributed by atoms with Gasteiger partial charge in [0, 0.05) is 29.1 Å². The van der Waals surface area contributed by atoms with Crippen molar-refractivity contribution in [3.8, 4) is 16.8 Å². The van der Waals surface area contributed by atoms with E-state index in [1.165, 1.54) is 6.92 Å². The number of aryl methyl sites for hydroxylation is 1. The van der Waals surface area contributed by atoms with Crippen molar-refractivity contribution in [2.75, 3.05) is 5.32 Å². The minimum atomic E-state index is -0.198. The summed E-state index contributed by atoms with van der Waals surface area (Å²) in [5.41, 5.74) is 3.79. The standard InChI is InChI=1S/C23H25ClN4O2/c1-5-14(2)25-23(30)18-8-12-20(13-9-18)28-22(26-16(4)29)21(15(3)27-28)17-6-10-19(24)11-7-17/h6-14H,5H2,1-4H3,(H,25,30)(H,26,29)/t14-/m0/s1. The third-order valence-electron chi connectivity index (χ3n) is 4.85. The van der Waals surface area contributed by atoms with E-state index in [1.807, 2.05) is 45.0 Å². The molecule has 2 aromatic carbocycles. The average molecular weight is 425 g/mol. The Morgan fingerprint density at radius 3 is 2.30 bits per heavy atom. The van der Waals surface area contributed by atoms with E-state index in [0.717, 1.165) is 28.9 Å². The number of hydrogen-bond donors (Lipinski definition) is 2. The van der Waals surface area contributed by atoms with Gasteiger partial charge in [-0.1, -0.05) is 30.7 Å². The van der Waals surface area contributed by atoms with E-state index in [2.05, 4.69) is 15.7 Å². The first-order valence-electron chi connectivity index (χ1n) is 9.84. The molecule has 30 heavy (non-hydrogen) atoms. The number of nitrogens with one attached hydrogen (secondary N) is 2. The second-order valence-corrected chi connectivity index (χ2v) is 7.67. The van der Waals surface area contributed by atoms with Gasteiger partial charge in [0.15, 0.2) is 0 Å². The van der Waals surface area contributed by atoms with Crippen LogP contribution in [0.4, 0.5) is 5.82 Å². The van der Waals surface area contributed by atoms with Crippen molar-refractivity contribution < 1.29 is 9.59 Å². The molecule has 0 aliphatic heterocycles. The van der Waals surface area contributed by atoms with Crippen molar-refractivity contribution in [3.05, 3.63) is 64.8 Å². The minimum Gasteiger partial charge on any atom is -0.350 e. The third-order valence-corrected chi connectivity index (χ3v) is 5.10. The van der Waals surface area contributed by atoms with Gasteiger partial charge in [0.2, 0.25) is 5.91 Å². The van der Waals surface area contributed by atoms with Gasteiger partial charge >= 0.3 is 0 Å². The summed E-state index contributed by atoms with van der Waals surface area (Å²) in [6, 6.07) is 14.6. The lowest BCUT2D eigenvalue weighted by atomic mass is 10.1. The zero-order valence-electron chi connectivity index (χ0n) is 17.5. The summed E-state index contributed by atoms with van der Waals surface area (Å²) >= 11 is 6.02. The van der Waals surface area contributed by atoms with Crippen molar-refractivity contribution in [1.29, 1.82) is 0 Å². The van der Waals surface area contributed by atoms with Crippen LogP contribution in [0.25, 0.3) is 16.8 Å². The predicted molar refractivity (Wildman–Crippen MR) is 120 cm³/mol. The highest BCUT2D eigenvalue weighted by atomic mass is 35.5. The SMILES string of the molecule is CC[C@H](C)NC(=O)c1ccc(-n2nc(C)c(-c3ccc(Cl)cc3)c2NC(C)=O)cc1. The first-order chi connectivity index (χ1) is 14.3. The average Bonchev–Trinajstić information content (AvgIpc) is 3.03. The minimum absolute atomic E-state index is 0.110. The number of benzene rings is 2. The van der Waals surface area contributed by atoms with Crippen LogP contribution in [-0.4, -0.2) is 27.6 Å². The lowest BCUT2D eigenvalue weighted by Gasteiger charge is -2.13. The van der Waals surface area contributed by atoms with Gasteiger partial charge in [0.25, 0.3) is 5.91 Å². The van der Waals surface area contributed by atoms with Crippen LogP contribution >= 0.6 is 11.6 Å². The molecule has 0 unspecified atom stereocenters. The van der Waals surface area contributed by atoms with Gasteiger partial charge in [-0.25, -0.2) is 4.68 Å². The van der Waals surface area contributed by atoms with Crippen molar-refractivity contribution in [1.82, 2.24) is 15.1 Å². The lowest BCUT2D eigenvalue weighted by molar-refractivity contribution is -0.114. The molecule has 0 spiro atoms. The summed E-state index contributed by atoms with van der Waals surface area (Å²) in [5, 5.41) is 11.1. The number of carbonyl (C=O) groups excluding carboxylic acids is 2. The summed E-state index contributed by atoms with van der Waals surface area (Å²) in [6.07, 6.45) is 0.865. The van der Waals surface area contributed by atoms with E-state index in [9.17, 15) is 9.59 Å². The second-order valence-electron chi connectivity index (χ2n) is 7.24. The molecule has 1 aromatic heterocycles. The smallest absolute Gasteiger partial charge is 0.251 e. The largest absolute Gasteiger partial charge is 0.350 e. The summed E-state index contributed by atoms with van der Waals surface area (Å²) in [7, 11) is 0. The topological polar surface area (TPSA) is 76.0 Å². The zero-order chi connectivity index (χ0) is 21.8. The Bertz CT molecular complexity index is 1060. The second kappa shape index (κ2) is 9.13. The van der Waals surface area contributed by atoms with Gasteiger partial charge in [0.05, 0.1) is 11.4 Å². The molecule has 2 amide bonds. The van der Waals surface area contributed by atoms with E-state index in [1.54, 1.807) is 28.9 Å². The Balaban J connectivity index is 2.01. The maximum Gasteiger partial charge on any atom is 0.251 e. The number of halogens is 1. The molecule has 1 atom stereocenters. The molecular weight excluding hydrogens is 400 g/mol. The normalized spacial score (nSPS) is 11.8. The molecule has 1 heterocycles. The molecular formula is C23H25ClN4O2. The summed E-state index contributed by atoms with van der Waals surface area (Å²) < 4.78 is 1.68. The van der Waals surface area contributed by atoms with Crippen LogP contribution in [0.1, 0.15) is 43.2 Å². The Hall–Kier alpha value is -3.12. The fourth-order valence-electron chi connectivity index (χ4n) is 3.12. The number of carbonyl (C=O) groups is 2. The first-order valence-corrected chi connectivity index (χ1v) is 10.2. The molecule has 6 nitrogen and oxygen atoms in total. The molecule has 0 aliphatic rings. The molecule has 0 radical (unpaired) electrons. The number of aromatic nitrogens is 2. The van der Waals surface area contributed by atoms with Gasteiger partial charge in [-0.05, 0) is 62.2 Å². The van der Waals surface area contributed by atoms with Crippen molar-refractivity contribution in [2.45, 2.75) is 40.2 Å². The summed E-state index contributed by atoms with van der Waals surface area (Å²) in [5.74, 6) is 0.256. The zero-order valence-corrected chi connectivity index (χ0v) is 18.2. The number of nitrogens with zero attached hydrogens (tertiary/aromatic N) is 2. The van der Waals surface area contributed by atoms with Crippen LogP contribution in [0, 0.1) is 6.92 Å². The van der Waals surface area contributed by atoms with E-state index in [0.29, 0.717) is 16.4 Å². The fraction of sp³-hybridized carbons (Fsp3) is 0.261. The van der Waals surface area contributed by atoms with E-state index in [4.69, 9.17) is 11.6 Å².